The minimum atomic E-state index is -0.266. The maximum absolute atomic E-state index is 12.4. The van der Waals surface area contributed by atoms with E-state index in [0.717, 1.165) is 0 Å². The molecule has 3 aromatic heterocycles. The number of anilines is 3. The van der Waals surface area contributed by atoms with Crippen molar-refractivity contribution in [1.82, 2.24) is 29.9 Å². The molecule has 3 N–H and O–H groups in total. The molecule has 0 fully saturated rings. The first-order chi connectivity index (χ1) is 11.7. The van der Waals surface area contributed by atoms with E-state index >= 15 is 0 Å². The zero-order chi connectivity index (χ0) is 16.5. The second-order valence-corrected chi connectivity index (χ2v) is 5.02. The Morgan fingerprint density at radius 1 is 1.38 bits per heavy atom. The Labute approximate surface area is 136 Å². The number of aromatic nitrogens is 5. The molecule has 10 nitrogen and oxygen atoms in total. The Kier molecular flexibility index (Phi) is 3.34. The molecule has 4 rings (SSSR count). The van der Waals surface area contributed by atoms with Gasteiger partial charge in [0.15, 0.2) is 5.65 Å². The Morgan fingerprint density at radius 3 is 3.17 bits per heavy atom. The van der Waals surface area contributed by atoms with Crippen LogP contribution in [0.5, 0.6) is 5.88 Å². The summed E-state index contributed by atoms with van der Waals surface area (Å²) in [6.45, 7) is 0.626. The van der Waals surface area contributed by atoms with Crippen LogP contribution in [0.2, 0.25) is 0 Å². The number of hydrogen-bond acceptors (Lipinski definition) is 8. The fraction of sp³-hybridized carbons (Fsp3) is 0.214. The topological polar surface area (TPSA) is 118 Å². The van der Waals surface area contributed by atoms with Crippen LogP contribution in [-0.2, 0) is 0 Å². The predicted octanol–water partition coefficient (Wildman–Crippen LogP) is 0.427. The molecule has 0 unspecified atom stereocenters. The van der Waals surface area contributed by atoms with E-state index in [1.807, 2.05) is 0 Å². The number of nitrogens with one attached hydrogen (secondary N) is 3. The van der Waals surface area contributed by atoms with Gasteiger partial charge in [-0.05, 0) is 0 Å². The SMILES string of the molecule is CNc1cc2nc3c(cnn13)C(=O)NCCOc1ccnc(n1)N2. The van der Waals surface area contributed by atoms with Gasteiger partial charge in [0.25, 0.3) is 5.91 Å². The van der Waals surface area contributed by atoms with E-state index in [0.29, 0.717) is 47.8 Å². The summed E-state index contributed by atoms with van der Waals surface area (Å²) < 4.78 is 7.07. The largest absolute Gasteiger partial charge is 0.476 e. The van der Waals surface area contributed by atoms with Gasteiger partial charge in [-0.3, -0.25) is 4.79 Å². The third-order valence-electron chi connectivity index (χ3n) is 3.48. The molecule has 1 aliphatic heterocycles. The molecule has 1 amide bonds. The van der Waals surface area contributed by atoms with Gasteiger partial charge in [0.05, 0.1) is 12.7 Å². The van der Waals surface area contributed by atoms with Gasteiger partial charge >= 0.3 is 0 Å². The Balaban J connectivity index is 1.88. The average Bonchev–Trinajstić information content (AvgIpc) is 3.01. The predicted molar refractivity (Wildman–Crippen MR) is 85.7 cm³/mol. The summed E-state index contributed by atoms with van der Waals surface area (Å²) in [5.41, 5.74) is 0.806. The molecule has 0 aromatic carbocycles. The van der Waals surface area contributed by atoms with Crippen molar-refractivity contribution in [2.75, 3.05) is 30.8 Å². The van der Waals surface area contributed by atoms with Gasteiger partial charge in [0.2, 0.25) is 11.8 Å². The maximum atomic E-state index is 12.4. The molecular formula is C14H14N8O2. The Hall–Kier alpha value is -3.43. The molecule has 24 heavy (non-hydrogen) atoms. The highest BCUT2D eigenvalue weighted by Gasteiger charge is 2.17. The molecule has 0 saturated carbocycles. The van der Waals surface area contributed by atoms with Crippen LogP contribution in [0.4, 0.5) is 17.6 Å². The van der Waals surface area contributed by atoms with Crippen molar-refractivity contribution in [3.63, 3.8) is 0 Å². The smallest absolute Gasteiger partial charge is 0.256 e. The van der Waals surface area contributed by atoms with Gasteiger partial charge in [0.1, 0.15) is 23.8 Å². The summed E-state index contributed by atoms with van der Waals surface area (Å²) in [4.78, 5) is 25.2. The third-order valence-corrected chi connectivity index (χ3v) is 3.48. The fourth-order valence-electron chi connectivity index (χ4n) is 2.38. The molecule has 0 spiro atoms. The van der Waals surface area contributed by atoms with E-state index in [-0.39, 0.29) is 5.91 Å². The summed E-state index contributed by atoms with van der Waals surface area (Å²) in [7, 11) is 1.76. The van der Waals surface area contributed by atoms with E-state index in [1.165, 1.54) is 6.20 Å². The van der Waals surface area contributed by atoms with E-state index in [2.05, 4.69) is 36.0 Å². The van der Waals surface area contributed by atoms with Crippen LogP contribution >= 0.6 is 0 Å². The molecule has 122 valence electrons. The van der Waals surface area contributed by atoms with Gasteiger partial charge in [-0.15, -0.1) is 0 Å². The minimum Gasteiger partial charge on any atom is -0.476 e. The minimum absolute atomic E-state index is 0.266. The van der Waals surface area contributed by atoms with Crippen molar-refractivity contribution in [3.05, 3.63) is 30.1 Å². The number of amides is 1. The van der Waals surface area contributed by atoms with Crippen molar-refractivity contribution in [1.29, 1.82) is 0 Å². The number of carbonyl (C=O) groups excluding carboxylic acids is 1. The number of fused-ring (bicyclic) bond motifs is 3. The van der Waals surface area contributed by atoms with Crippen LogP contribution in [-0.4, -0.2) is 50.7 Å². The zero-order valence-corrected chi connectivity index (χ0v) is 12.8. The summed E-state index contributed by atoms with van der Waals surface area (Å²) in [5, 5.41) is 13.0. The van der Waals surface area contributed by atoms with E-state index in [4.69, 9.17) is 4.74 Å². The zero-order valence-electron chi connectivity index (χ0n) is 12.8. The van der Waals surface area contributed by atoms with Crippen molar-refractivity contribution in [2.45, 2.75) is 0 Å². The van der Waals surface area contributed by atoms with E-state index in [9.17, 15) is 4.79 Å². The second-order valence-electron chi connectivity index (χ2n) is 5.02. The highest BCUT2D eigenvalue weighted by Crippen LogP contribution is 2.21. The van der Waals surface area contributed by atoms with Gasteiger partial charge in [-0.2, -0.15) is 14.6 Å². The highest BCUT2D eigenvalue weighted by molar-refractivity contribution is 6.00. The fourth-order valence-corrected chi connectivity index (χ4v) is 2.38. The molecule has 0 atom stereocenters. The molecule has 0 aliphatic carbocycles. The van der Waals surface area contributed by atoms with E-state index in [1.54, 1.807) is 29.9 Å². The lowest BCUT2D eigenvalue weighted by molar-refractivity contribution is 0.0948. The standard InChI is InChI=1S/C14H14N8O2/c1-15-10-6-9-19-12-8(7-18-22(10)12)13(23)16-4-5-24-11-2-3-17-14(20-9)21-11/h2-3,6-7,15H,4-5H2,1H3,(H,16,23)(H,17,19,20,21). The second kappa shape index (κ2) is 5.65. The van der Waals surface area contributed by atoms with Gasteiger partial charge < -0.3 is 20.7 Å². The Morgan fingerprint density at radius 2 is 2.29 bits per heavy atom. The molecule has 4 heterocycles. The van der Waals surface area contributed by atoms with Gasteiger partial charge in [-0.25, -0.2) is 9.97 Å². The first kappa shape index (κ1) is 14.2. The lowest BCUT2D eigenvalue weighted by Gasteiger charge is -2.09. The van der Waals surface area contributed by atoms with Crippen LogP contribution in [0.1, 0.15) is 10.4 Å². The average molecular weight is 326 g/mol. The monoisotopic (exact) mass is 326 g/mol. The number of ether oxygens (including phenoxy) is 1. The van der Waals surface area contributed by atoms with Crippen molar-refractivity contribution < 1.29 is 9.53 Å². The van der Waals surface area contributed by atoms with E-state index < -0.39 is 0 Å². The van der Waals surface area contributed by atoms with Crippen LogP contribution in [0, 0.1) is 0 Å². The van der Waals surface area contributed by atoms with Crippen LogP contribution in [0.25, 0.3) is 5.65 Å². The number of carbonyl (C=O) groups is 1. The van der Waals surface area contributed by atoms with Crippen molar-refractivity contribution >= 4 is 29.1 Å². The van der Waals surface area contributed by atoms with Crippen LogP contribution in [0.3, 0.4) is 0 Å². The first-order valence-electron chi connectivity index (χ1n) is 7.32. The summed E-state index contributed by atoms with van der Waals surface area (Å²) in [5.74, 6) is 1.66. The third kappa shape index (κ3) is 2.43. The lowest BCUT2D eigenvalue weighted by atomic mass is 10.3. The molecule has 4 bridgehead atoms. The normalized spacial score (nSPS) is 14.0. The lowest BCUT2D eigenvalue weighted by Crippen LogP contribution is -2.28. The van der Waals surface area contributed by atoms with Crippen LogP contribution < -0.4 is 20.7 Å². The van der Waals surface area contributed by atoms with Crippen LogP contribution in [0.15, 0.2) is 24.5 Å². The number of hydrogen-bond donors (Lipinski definition) is 3. The quantitative estimate of drug-likeness (QED) is 0.589. The first-order valence-corrected chi connectivity index (χ1v) is 7.32. The molecule has 0 radical (unpaired) electrons. The molecule has 10 heteroatoms. The van der Waals surface area contributed by atoms with Gasteiger partial charge in [-0.1, -0.05) is 0 Å². The Bertz CT molecular complexity index is 922. The summed E-state index contributed by atoms with van der Waals surface area (Å²) >= 11 is 0. The number of rotatable bonds is 1. The van der Waals surface area contributed by atoms with Crippen molar-refractivity contribution in [2.24, 2.45) is 0 Å². The maximum Gasteiger partial charge on any atom is 0.256 e. The molecule has 3 aromatic rings. The summed E-state index contributed by atoms with van der Waals surface area (Å²) in [6, 6.07) is 3.40. The van der Waals surface area contributed by atoms with Gasteiger partial charge in [0, 0.05) is 25.4 Å². The van der Waals surface area contributed by atoms with Crippen molar-refractivity contribution in [3.8, 4) is 5.88 Å². The molecule has 1 aliphatic rings. The number of nitrogens with zero attached hydrogens (tertiary/aromatic N) is 5. The molecule has 0 saturated heterocycles. The molecular weight excluding hydrogens is 312 g/mol. The summed E-state index contributed by atoms with van der Waals surface area (Å²) in [6.07, 6.45) is 3.07. The highest BCUT2D eigenvalue weighted by atomic mass is 16.5.